The molecule has 292 valence electrons. The third-order valence-corrected chi connectivity index (χ3v) is 12.6. The Balaban J connectivity index is 1.05. The number of para-hydroxylation sites is 4. The zero-order valence-corrected chi connectivity index (χ0v) is 34.5. The van der Waals surface area contributed by atoms with E-state index in [9.17, 15) is 4.79 Å². The number of thiophene rings is 2. The molecule has 0 aliphatic rings. The number of benzene rings is 6. The topological polar surface area (TPSA) is 52.6 Å². The number of carbonyl (C=O) groups excluding carboxylic acids is 1. The second-order valence-electron chi connectivity index (χ2n) is 14.3. The van der Waals surface area contributed by atoms with E-state index in [2.05, 4.69) is 181 Å². The van der Waals surface area contributed by atoms with Gasteiger partial charge in [-0.15, -0.1) is 22.7 Å². The van der Waals surface area contributed by atoms with Crippen LogP contribution in [0.2, 0.25) is 0 Å². The lowest BCUT2D eigenvalue weighted by molar-refractivity contribution is 0.103. The van der Waals surface area contributed by atoms with E-state index in [-0.39, 0.29) is 5.78 Å². The molecule has 10 rings (SSSR count). The highest BCUT2D eigenvalue weighted by molar-refractivity contribution is 7.28. The first-order chi connectivity index (χ1) is 30.2. The molecule has 4 heterocycles. The highest BCUT2D eigenvalue weighted by atomic mass is 32.1. The van der Waals surface area contributed by atoms with E-state index in [1.165, 1.54) is 9.40 Å². The van der Waals surface area contributed by atoms with Crippen LogP contribution in [0.1, 0.15) is 16.2 Å². The molecule has 0 saturated heterocycles. The quantitative estimate of drug-likeness (QED) is 0.114. The van der Waals surface area contributed by atoms with Gasteiger partial charge in [-0.1, -0.05) is 84.9 Å². The standard InChI is InChI=1S/C53H37N5OS2/c59-51(48-23-13-14-34-54-48)49-33-24-38(35-55-49)47-36-60-53-50(37-61-52(47)53)58(45-29-25-43(26-30-45)56(39-15-5-1-6-16-39)40-17-7-2-8-18-40)46-31-27-44(28-32-46)57(41-19-9-3-10-20-41)42-21-11-4-12-22-42/h1-37H. The second-order valence-corrected chi connectivity index (χ2v) is 16.0. The minimum Gasteiger partial charge on any atom is -0.311 e. The molecule has 0 unspecified atom stereocenters. The van der Waals surface area contributed by atoms with Gasteiger partial charge in [-0.05, 0) is 115 Å². The number of carbonyl (C=O) groups is 1. The molecule has 0 radical (unpaired) electrons. The molecule has 0 spiro atoms. The lowest BCUT2D eigenvalue weighted by Gasteiger charge is -2.29. The first-order valence-corrected chi connectivity index (χ1v) is 21.7. The molecule has 4 aromatic heterocycles. The summed E-state index contributed by atoms with van der Waals surface area (Å²) in [5.74, 6) is -0.194. The van der Waals surface area contributed by atoms with Crippen molar-refractivity contribution in [1.82, 2.24) is 9.97 Å². The first kappa shape index (κ1) is 37.6. The van der Waals surface area contributed by atoms with E-state index in [1.807, 2.05) is 36.4 Å². The van der Waals surface area contributed by atoms with Crippen molar-refractivity contribution in [2.24, 2.45) is 0 Å². The van der Waals surface area contributed by atoms with Crippen molar-refractivity contribution in [3.63, 3.8) is 0 Å². The molecule has 0 aliphatic carbocycles. The zero-order chi connectivity index (χ0) is 41.0. The van der Waals surface area contributed by atoms with Gasteiger partial charge in [0.2, 0.25) is 5.78 Å². The fourth-order valence-electron chi connectivity index (χ4n) is 7.61. The Morgan fingerprint density at radius 3 is 1.21 bits per heavy atom. The third-order valence-electron chi connectivity index (χ3n) is 10.5. The van der Waals surface area contributed by atoms with Crippen molar-refractivity contribution >= 4 is 89.0 Å². The minimum absolute atomic E-state index is 0.194. The fraction of sp³-hybridized carbons (Fsp3) is 0. The van der Waals surface area contributed by atoms with Gasteiger partial charge in [0, 0.05) is 79.8 Å². The molecule has 6 nitrogen and oxygen atoms in total. The summed E-state index contributed by atoms with van der Waals surface area (Å²) < 4.78 is 2.34. The van der Waals surface area contributed by atoms with E-state index in [1.54, 1.807) is 53.3 Å². The fourth-order valence-corrected chi connectivity index (χ4v) is 9.99. The molecule has 0 fully saturated rings. The van der Waals surface area contributed by atoms with Gasteiger partial charge in [-0.2, -0.15) is 0 Å². The van der Waals surface area contributed by atoms with E-state index in [4.69, 9.17) is 0 Å². The maximum Gasteiger partial charge on any atom is 0.229 e. The van der Waals surface area contributed by atoms with Gasteiger partial charge in [-0.25, -0.2) is 0 Å². The highest BCUT2D eigenvalue weighted by Gasteiger charge is 2.23. The number of anilines is 9. The van der Waals surface area contributed by atoms with E-state index >= 15 is 0 Å². The summed E-state index contributed by atoms with van der Waals surface area (Å²) in [6.45, 7) is 0. The summed E-state index contributed by atoms with van der Waals surface area (Å²) in [5.41, 5.74) is 12.4. The summed E-state index contributed by atoms with van der Waals surface area (Å²) in [5, 5.41) is 4.45. The molecule has 0 aliphatic heterocycles. The van der Waals surface area contributed by atoms with Crippen LogP contribution in [0.25, 0.3) is 20.5 Å². The van der Waals surface area contributed by atoms with Crippen LogP contribution in [0.3, 0.4) is 0 Å². The van der Waals surface area contributed by atoms with E-state index in [0.717, 1.165) is 62.3 Å². The molecule has 0 saturated carbocycles. The average molecular weight is 824 g/mol. The van der Waals surface area contributed by atoms with Gasteiger partial charge in [0.1, 0.15) is 11.4 Å². The Hall–Kier alpha value is -7.65. The van der Waals surface area contributed by atoms with Crippen LogP contribution in [-0.4, -0.2) is 15.8 Å². The smallest absolute Gasteiger partial charge is 0.229 e. The van der Waals surface area contributed by atoms with Gasteiger partial charge >= 0.3 is 0 Å². The van der Waals surface area contributed by atoms with Crippen LogP contribution in [0.4, 0.5) is 51.2 Å². The molecule has 61 heavy (non-hydrogen) atoms. The van der Waals surface area contributed by atoms with Crippen LogP contribution in [0, 0.1) is 0 Å². The Morgan fingerprint density at radius 1 is 0.377 bits per heavy atom. The normalized spacial score (nSPS) is 11.0. The van der Waals surface area contributed by atoms with Crippen molar-refractivity contribution in [2.45, 2.75) is 0 Å². The summed E-state index contributed by atoms with van der Waals surface area (Å²) in [4.78, 5) is 28.8. The molecule has 0 amide bonds. The molecule has 0 atom stereocenters. The van der Waals surface area contributed by atoms with Gasteiger partial charge in [0.25, 0.3) is 0 Å². The van der Waals surface area contributed by atoms with Crippen molar-refractivity contribution < 1.29 is 4.79 Å². The summed E-state index contributed by atoms with van der Waals surface area (Å²) in [7, 11) is 0. The van der Waals surface area contributed by atoms with Gasteiger partial charge in [-0.3, -0.25) is 14.8 Å². The number of ketones is 1. The van der Waals surface area contributed by atoms with Crippen LogP contribution in [0.15, 0.2) is 223 Å². The van der Waals surface area contributed by atoms with Gasteiger partial charge < -0.3 is 14.7 Å². The molecule has 10 aromatic rings. The lowest BCUT2D eigenvalue weighted by Crippen LogP contribution is -2.12. The largest absolute Gasteiger partial charge is 0.311 e. The van der Waals surface area contributed by atoms with Crippen LogP contribution in [0.5, 0.6) is 0 Å². The number of pyridine rings is 2. The Morgan fingerprint density at radius 2 is 0.787 bits per heavy atom. The predicted octanol–water partition coefficient (Wildman–Crippen LogP) is 15.1. The van der Waals surface area contributed by atoms with Crippen LogP contribution >= 0.6 is 22.7 Å². The SMILES string of the molecule is O=C(c1ccccn1)c1ccc(-c2csc3c(N(c4ccc(N(c5ccccc5)c5ccccc5)cc4)c4ccc(N(c5ccccc5)c5ccccc5)cc4)csc23)cn1. The molecule has 0 N–H and O–H groups in total. The maximum atomic E-state index is 13.1. The minimum atomic E-state index is -0.194. The molecular formula is C53H37N5OS2. The second kappa shape index (κ2) is 16.9. The molecule has 8 heteroatoms. The Labute approximate surface area is 362 Å². The van der Waals surface area contributed by atoms with Crippen molar-refractivity contribution in [3.05, 3.63) is 235 Å². The number of hydrogen-bond donors (Lipinski definition) is 0. The summed E-state index contributed by atoms with van der Waals surface area (Å²) >= 11 is 3.44. The summed E-state index contributed by atoms with van der Waals surface area (Å²) in [6, 6.07) is 68.6. The van der Waals surface area contributed by atoms with E-state index < -0.39 is 0 Å². The van der Waals surface area contributed by atoms with Crippen molar-refractivity contribution in [1.29, 1.82) is 0 Å². The average Bonchev–Trinajstić information content (AvgIpc) is 3.95. The van der Waals surface area contributed by atoms with Crippen molar-refractivity contribution in [3.8, 4) is 11.1 Å². The number of hydrogen-bond acceptors (Lipinski definition) is 8. The molecule has 6 aromatic carbocycles. The number of fused-ring (bicyclic) bond motifs is 1. The Bertz CT molecular complexity index is 2810. The monoisotopic (exact) mass is 823 g/mol. The Kier molecular flexibility index (Phi) is 10.4. The molecule has 0 bridgehead atoms. The number of nitrogens with zero attached hydrogens (tertiary/aromatic N) is 5. The predicted molar refractivity (Wildman–Crippen MR) is 255 cm³/mol. The number of aromatic nitrogens is 2. The van der Waals surface area contributed by atoms with Gasteiger partial charge in [0.05, 0.1) is 15.1 Å². The third kappa shape index (κ3) is 7.58. The highest BCUT2D eigenvalue weighted by Crippen LogP contribution is 2.49. The molecular weight excluding hydrogens is 787 g/mol. The first-order valence-electron chi connectivity index (χ1n) is 19.9. The maximum absolute atomic E-state index is 13.1. The lowest BCUT2D eigenvalue weighted by atomic mass is 10.1. The number of rotatable bonds is 12. The zero-order valence-electron chi connectivity index (χ0n) is 32.8. The van der Waals surface area contributed by atoms with E-state index in [0.29, 0.717) is 11.4 Å². The van der Waals surface area contributed by atoms with Gasteiger partial charge in [0.15, 0.2) is 0 Å². The van der Waals surface area contributed by atoms with Crippen molar-refractivity contribution in [2.75, 3.05) is 14.7 Å². The summed E-state index contributed by atoms with van der Waals surface area (Å²) in [6.07, 6.45) is 3.42. The van der Waals surface area contributed by atoms with Crippen LogP contribution < -0.4 is 14.7 Å². The van der Waals surface area contributed by atoms with Crippen LogP contribution in [-0.2, 0) is 0 Å².